The Labute approximate surface area is 143 Å². The molecule has 1 aliphatic rings. The van der Waals surface area contributed by atoms with Crippen LogP contribution in [-0.2, 0) is 14.8 Å². The first-order valence-corrected chi connectivity index (χ1v) is 9.97. The Balaban J connectivity index is 1.64. The zero-order chi connectivity index (χ0) is 17.4. The fourth-order valence-electron chi connectivity index (χ4n) is 2.89. The van der Waals surface area contributed by atoms with Gasteiger partial charge in [0.05, 0.1) is 4.90 Å². The lowest BCUT2D eigenvalue weighted by Gasteiger charge is -2.21. The Morgan fingerprint density at radius 3 is 2.46 bits per heavy atom. The van der Waals surface area contributed by atoms with Crippen LogP contribution in [0.1, 0.15) is 44.9 Å². The van der Waals surface area contributed by atoms with Crippen molar-refractivity contribution in [1.29, 1.82) is 0 Å². The van der Waals surface area contributed by atoms with Gasteiger partial charge in [-0.1, -0.05) is 19.3 Å². The molecule has 0 aromatic heterocycles. The number of carbonyl (C=O) groups excluding carboxylic acids is 1. The van der Waals surface area contributed by atoms with E-state index in [1.165, 1.54) is 44.2 Å². The molecule has 0 spiro atoms. The van der Waals surface area contributed by atoms with Gasteiger partial charge in [-0.25, -0.2) is 17.5 Å². The summed E-state index contributed by atoms with van der Waals surface area (Å²) in [6, 6.07) is 4.64. The Morgan fingerprint density at radius 1 is 1.12 bits per heavy atom. The number of amides is 1. The number of nitrogens with one attached hydrogen (secondary N) is 2. The standard InChI is InChI=1S/C17H25FN2O3S/c18-15-8-10-16(11-9-15)24(22,23)20-12-4-7-17(21)19-13-14-5-2-1-3-6-14/h8-11,14,20H,1-7,12-13H2,(H,19,21). The van der Waals surface area contributed by atoms with Gasteiger partial charge in [0, 0.05) is 19.5 Å². The Hall–Kier alpha value is -1.47. The van der Waals surface area contributed by atoms with Gasteiger partial charge in [0.2, 0.25) is 15.9 Å². The second-order valence-electron chi connectivity index (χ2n) is 6.26. The summed E-state index contributed by atoms with van der Waals surface area (Å²) >= 11 is 0. The van der Waals surface area contributed by atoms with Crippen LogP contribution in [-0.4, -0.2) is 27.4 Å². The number of carbonyl (C=O) groups is 1. The van der Waals surface area contributed by atoms with Crippen molar-refractivity contribution in [2.75, 3.05) is 13.1 Å². The normalized spacial score (nSPS) is 16.0. The maximum atomic E-state index is 12.8. The maximum absolute atomic E-state index is 12.8. The van der Waals surface area contributed by atoms with Crippen molar-refractivity contribution in [2.24, 2.45) is 5.92 Å². The quantitative estimate of drug-likeness (QED) is 0.703. The van der Waals surface area contributed by atoms with Crippen molar-refractivity contribution in [3.8, 4) is 0 Å². The lowest BCUT2D eigenvalue weighted by molar-refractivity contribution is -0.121. The molecule has 1 aromatic carbocycles. The van der Waals surface area contributed by atoms with Crippen molar-refractivity contribution in [1.82, 2.24) is 10.0 Å². The zero-order valence-corrected chi connectivity index (χ0v) is 14.6. The minimum Gasteiger partial charge on any atom is -0.356 e. The molecule has 0 heterocycles. The molecule has 0 saturated heterocycles. The molecule has 1 aromatic rings. The molecule has 0 atom stereocenters. The highest BCUT2D eigenvalue weighted by Gasteiger charge is 2.15. The number of sulfonamides is 1. The number of hydrogen-bond acceptors (Lipinski definition) is 3. The first-order valence-electron chi connectivity index (χ1n) is 8.49. The van der Waals surface area contributed by atoms with Gasteiger partial charge >= 0.3 is 0 Å². The average Bonchev–Trinajstić information content (AvgIpc) is 2.58. The summed E-state index contributed by atoms with van der Waals surface area (Å²) in [7, 11) is -3.65. The van der Waals surface area contributed by atoms with Crippen LogP contribution < -0.4 is 10.0 Å². The average molecular weight is 356 g/mol. The van der Waals surface area contributed by atoms with Crippen molar-refractivity contribution in [3.63, 3.8) is 0 Å². The molecule has 0 radical (unpaired) electrons. The first-order chi connectivity index (χ1) is 11.5. The monoisotopic (exact) mass is 356 g/mol. The lowest BCUT2D eigenvalue weighted by atomic mass is 9.89. The largest absolute Gasteiger partial charge is 0.356 e. The molecular formula is C17H25FN2O3S. The molecule has 1 aliphatic carbocycles. The SMILES string of the molecule is O=C(CCCNS(=O)(=O)c1ccc(F)cc1)NCC1CCCCC1. The highest BCUT2D eigenvalue weighted by Crippen LogP contribution is 2.22. The van der Waals surface area contributed by atoms with Crippen molar-refractivity contribution in [2.45, 2.75) is 49.8 Å². The second kappa shape index (κ2) is 9.13. The number of halogens is 1. The van der Waals surface area contributed by atoms with Gasteiger partial charge in [-0.2, -0.15) is 0 Å². The van der Waals surface area contributed by atoms with Crippen LogP contribution in [0.15, 0.2) is 29.2 Å². The highest BCUT2D eigenvalue weighted by molar-refractivity contribution is 7.89. The fourth-order valence-corrected chi connectivity index (χ4v) is 3.96. The van der Waals surface area contributed by atoms with Crippen molar-refractivity contribution < 1.29 is 17.6 Å². The smallest absolute Gasteiger partial charge is 0.240 e. The molecule has 24 heavy (non-hydrogen) atoms. The van der Waals surface area contributed by atoms with E-state index in [4.69, 9.17) is 0 Å². The van der Waals surface area contributed by atoms with E-state index >= 15 is 0 Å². The first kappa shape index (κ1) is 18.9. The molecule has 2 N–H and O–H groups in total. The molecule has 0 bridgehead atoms. The maximum Gasteiger partial charge on any atom is 0.240 e. The predicted molar refractivity (Wildman–Crippen MR) is 90.4 cm³/mol. The number of hydrogen-bond donors (Lipinski definition) is 2. The Morgan fingerprint density at radius 2 is 1.79 bits per heavy atom. The van der Waals surface area contributed by atoms with Crippen molar-refractivity contribution in [3.05, 3.63) is 30.1 Å². The second-order valence-corrected chi connectivity index (χ2v) is 8.03. The fraction of sp³-hybridized carbons (Fsp3) is 0.588. The van der Waals surface area contributed by atoms with E-state index in [2.05, 4.69) is 10.0 Å². The summed E-state index contributed by atoms with van der Waals surface area (Å²) in [5.74, 6) is 0.0600. The molecule has 7 heteroatoms. The summed E-state index contributed by atoms with van der Waals surface area (Å²) in [4.78, 5) is 11.8. The molecule has 1 saturated carbocycles. The summed E-state index contributed by atoms with van der Waals surface area (Å²) in [5, 5.41) is 2.93. The van der Waals surface area contributed by atoms with Gasteiger partial charge in [0.1, 0.15) is 5.82 Å². The predicted octanol–water partition coefficient (Wildman–Crippen LogP) is 2.58. The molecule has 0 aliphatic heterocycles. The van der Waals surface area contributed by atoms with Gasteiger partial charge in [-0.15, -0.1) is 0 Å². The van der Waals surface area contributed by atoms with Crippen LogP contribution in [0.2, 0.25) is 0 Å². The van der Waals surface area contributed by atoms with E-state index in [-0.39, 0.29) is 17.3 Å². The van der Waals surface area contributed by atoms with E-state index in [1.807, 2.05) is 0 Å². The summed E-state index contributed by atoms with van der Waals surface area (Å²) in [6.07, 6.45) is 6.85. The topological polar surface area (TPSA) is 75.3 Å². The minimum atomic E-state index is -3.65. The summed E-state index contributed by atoms with van der Waals surface area (Å²) < 4.78 is 39.2. The van der Waals surface area contributed by atoms with E-state index in [0.29, 0.717) is 18.8 Å². The molecule has 5 nitrogen and oxygen atoms in total. The summed E-state index contributed by atoms with van der Waals surface area (Å²) in [6.45, 7) is 0.900. The van der Waals surface area contributed by atoms with Crippen LogP contribution in [0.25, 0.3) is 0 Å². The van der Waals surface area contributed by atoms with Crippen LogP contribution in [0, 0.1) is 11.7 Å². The molecular weight excluding hydrogens is 331 g/mol. The van der Waals surface area contributed by atoms with E-state index in [0.717, 1.165) is 18.7 Å². The van der Waals surface area contributed by atoms with Crippen molar-refractivity contribution >= 4 is 15.9 Å². The molecule has 2 rings (SSSR count). The number of rotatable bonds is 8. The Bertz CT molecular complexity index is 626. The molecule has 134 valence electrons. The van der Waals surface area contributed by atoms with E-state index in [9.17, 15) is 17.6 Å². The molecule has 1 amide bonds. The van der Waals surface area contributed by atoms with Crippen LogP contribution >= 0.6 is 0 Å². The van der Waals surface area contributed by atoms with Gasteiger partial charge in [-0.3, -0.25) is 4.79 Å². The highest BCUT2D eigenvalue weighted by atomic mass is 32.2. The summed E-state index contributed by atoms with van der Waals surface area (Å²) in [5.41, 5.74) is 0. The van der Waals surface area contributed by atoms with E-state index in [1.54, 1.807) is 0 Å². The Kier molecular flexibility index (Phi) is 7.17. The molecule has 0 unspecified atom stereocenters. The third kappa shape index (κ3) is 6.20. The van der Waals surface area contributed by atoms with Gasteiger partial charge in [0.25, 0.3) is 0 Å². The third-order valence-electron chi connectivity index (χ3n) is 4.31. The van der Waals surface area contributed by atoms with Crippen LogP contribution in [0.3, 0.4) is 0 Å². The zero-order valence-electron chi connectivity index (χ0n) is 13.8. The van der Waals surface area contributed by atoms with Gasteiger partial charge in [0.15, 0.2) is 0 Å². The number of benzene rings is 1. The molecule has 1 fully saturated rings. The lowest BCUT2D eigenvalue weighted by Crippen LogP contribution is -2.31. The van der Waals surface area contributed by atoms with Gasteiger partial charge in [-0.05, 0) is 49.4 Å². The third-order valence-corrected chi connectivity index (χ3v) is 5.79. The van der Waals surface area contributed by atoms with E-state index < -0.39 is 15.8 Å². The van der Waals surface area contributed by atoms with Crippen LogP contribution in [0.4, 0.5) is 4.39 Å². The van der Waals surface area contributed by atoms with Crippen LogP contribution in [0.5, 0.6) is 0 Å². The van der Waals surface area contributed by atoms with Gasteiger partial charge < -0.3 is 5.32 Å². The minimum absolute atomic E-state index is 0.0191.